The minimum Gasteiger partial charge on any atom is -0.346 e. The zero-order chi connectivity index (χ0) is 39.9. The highest BCUT2D eigenvalue weighted by molar-refractivity contribution is 7.89. The summed E-state index contributed by atoms with van der Waals surface area (Å²) < 4.78 is 66.4. The number of nitrogens with zero attached hydrogens (tertiary/aromatic N) is 2. The molecule has 0 aromatic carbocycles. The summed E-state index contributed by atoms with van der Waals surface area (Å²) in [5.41, 5.74) is -1.12. The summed E-state index contributed by atoms with van der Waals surface area (Å²) in [5, 5.41) is 10.4. The van der Waals surface area contributed by atoms with Gasteiger partial charge >= 0.3 is 12.2 Å². The van der Waals surface area contributed by atoms with Crippen LogP contribution in [0.4, 0.5) is 18.0 Å². The molecule has 3 fully saturated rings. The molecule has 2 saturated heterocycles. The molecule has 5 amide bonds. The van der Waals surface area contributed by atoms with Crippen molar-refractivity contribution in [1.29, 1.82) is 0 Å². The van der Waals surface area contributed by atoms with Crippen molar-refractivity contribution < 1.29 is 45.6 Å². The van der Waals surface area contributed by atoms with Crippen LogP contribution in [0.15, 0.2) is 12.7 Å². The van der Waals surface area contributed by atoms with Gasteiger partial charge in [-0.1, -0.05) is 66.9 Å². The van der Waals surface area contributed by atoms with Gasteiger partial charge in [-0.25, -0.2) is 13.2 Å². The Labute approximate surface area is 312 Å². The molecule has 3 rings (SSSR count). The smallest absolute Gasteiger partial charge is 0.346 e. The number of alkyl halides is 3. The first-order valence-electron chi connectivity index (χ1n) is 18.6. The second-order valence-electron chi connectivity index (χ2n) is 16.8. The summed E-state index contributed by atoms with van der Waals surface area (Å²) in [6.45, 7) is 15.1. The molecular weight excluding hydrogens is 717 g/mol. The maximum absolute atomic E-state index is 14.6. The maximum Gasteiger partial charge on any atom is 0.389 e. The van der Waals surface area contributed by atoms with E-state index >= 15 is 0 Å². The number of carbonyl (C=O) groups excluding carboxylic acids is 5. The van der Waals surface area contributed by atoms with Crippen molar-refractivity contribution in [2.75, 3.05) is 31.9 Å². The van der Waals surface area contributed by atoms with Gasteiger partial charge in [0.05, 0.1) is 11.8 Å². The number of hydrogen-bond donors (Lipinski definition) is 4. The number of rotatable bonds is 14. The van der Waals surface area contributed by atoms with Crippen molar-refractivity contribution >= 4 is 39.6 Å². The number of sulfonamides is 1. The third-order valence-corrected chi connectivity index (χ3v) is 12.6. The van der Waals surface area contributed by atoms with Crippen molar-refractivity contribution in [3.05, 3.63) is 12.7 Å². The van der Waals surface area contributed by atoms with E-state index in [4.69, 9.17) is 0 Å². The van der Waals surface area contributed by atoms with Gasteiger partial charge in [-0.05, 0) is 54.8 Å². The van der Waals surface area contributed by atoms with Crippen LogP contribution in [0.5, 0.6) is 0 Å². The molecule has 0 radical (unpaired) electrons. The molecule has 0 spiro atoms. The van der Waals surface area contributed by atoms with E-state index in [-0.39, 0.29) is 31.3 Å². The molecular formula is C36H59F3N6O7S. The fourth-order valence-electron chi connectivity index (χ4n) is 7.52. The molecule has 1 aliphatic carbocycles. The quantitative estimate of drug-likeness (QED) is 0.154. The van der Waals surface area contributed by atoms with Gasteiger partial charge in [0.1, 0.15) is 12.1 Å². The number of Topliss-reactive ketones (excluding diaryl/α,β-unsaturated/α-hetero) is 1. The first kappa shape index (κ1) is 44.2. The van der Waals surface area contributed by atoms with Crippen LogP contribution in [0.3, 0.4) is 0 Å². The second-order valence-corrected chi connectivity index (χ2v) is 18.8. The van der Waals surface area contributed by atoms with Crippen molar-refractivity contribution in [1.82, 2.24) is 30.5 Å². The molecule has 5 atom stereocenters. The summed E-state index contributed by atoms with van der Waals surface area (Å²) in [6, 6.07) is -5.35. The van der Waals surface area contributed by atoms with Gasteiger partial charge in [-0.15, -0.1) is 6.58 Å². The van der Waals surface area contributed by atoms with Gasteiger partial charge in [0.2, 0.25) is 27.6 Å². The van der Waals surface area contributed by atoms with Crippen LogP contribution in [0.1, 0.15) is 99.3 Å². The van der Waals surface area contributed by atoms with E-state index < -0.39 is 99.5 Å². The third-order valence-electron chi connectivity index (χ3n) is 10.7. The molecule has 1 saturated carbocycles. The molecule has 4 N–H and O–H groups in total. The molecule has 0 bridgehead atoms. The third kappa shape index (κ3) is 12.4. The number of nitrogens with one attached hydrogen (secondary N) is 4. The lowest BCUT2D eigenvalue weighted by Crippen LogP contribution is -2.61. The predicted molar refractivity (Wildman–Crippen MR) is 194 cm³/mol. The molecule has 302 valence electrons. The Kier molecular flexibility index (Phi) is 15.0. The largest absolute Gasteiger partial charge is 0.389 e. The Morgan fingerprint density at radius 3 is 2.06 bits per heavy atom. The van der Waals surface area contributed by atoms with Gasteiger partial charge in [0, 0.05) is 38.6 Å². The Balaban J connectivity index is 1.92. The van der Waals surface area contributed by atoms with Crippen LogP contribution >= 0.6 is 0 Å². The van der Waals surface area contributed by atoms with Gasteiger partial charge < -0.3 is 26.2 Å². The Morgan fingerprint density at radius 2 is 1.53 bits per heavy atom. The molecule has 0 aromatic rings. The lowest BCUT2D eigenvalue weighted by Gasteiger charge is -2.39. The highest BCUT2D eigenvalue weighted by Gasteiger charge is 2.50. The molecule has 2 heterocycles. The SMILES string of the molecule is C=CCNC(=O)C(=O)C(CCC(F)(F)F)NC(=O)[C@@H]1[C@@H](C(C)(C)C)CCN1C(=O)[C@@H](NC(=O)N[C@H](CN1CCCS1(=O)=O)C(C)(C)C)C1CCCCC1. The average molecular weight is 777 g/mol. The molecule has 0 aromatic heterocycles. The summed E-state index contributed by atoms with van der Waals surface area (Å²) >= 11 is 0. The van der Waals surface area contributed by atoms with Crippen LogP contribution in [-0.4, -0.2) is 109 Å². The number of amides is 5. The van der Waals surface area contributed by atoms with E-state index in [0.717, 1.165) is 19.3 Å². The number of ketones is 1. The van der Waals surface area contributed by atoms with Crippen molar-refractivity contribution in [2.24, 2.45) is 22.7 Å². The molecule has 2 aliphatic heterocycles. The van der Waals surface area contributed by atoms with Gasteiger partial charge in [0.25, 0.3) is 5.91 Å². The molecule has 53 heavy (non-hydrogen) atoms. The van der Waals surface area contributed by atoms with Crippen molar-refractivity contribution in [3.63, 3.8) is 0 Å². The maximum atomic E-state index is 14.6. The minimum absolute atomic E-state index is 0.0359. The summed E-state index contributed by atoms with van der Waals surface area (Å²) in [7, 11) is -3.45. The molecule has 1 unspecified atom stereocenters. The van der Waals surface area contributed by atoms with Crippen LogP contribution in [0.25, 0.3) is 0 Å². The number of urea groups is 1. The van der Waals surface area contributed by atoms with E-state index in [0.29, 0.717) is 32.2 Å². The van der Waals surface area contributed by atoms with Crippen LogP contribution in [0.2, 0.25) is 0 Å². The fraction of sp³-hybridized carbons (Fsp3) is 0.806. The standard InChI is InChI=1S/C36H59F3N6O7S/c1-8-18-40-31(48)29(46)25(15-17-36(37,38)39)41-30(47)28-24(34(2,3)4)16-20-45(28)32(49)27(23-13-10-9-11-14-23)43-33(50)42-26(35(5,6)7)22-44-19-12-21-53(44,51)52/h8,23-28H,1,9-22H2,2-7H3,(H,40,48)(H,41,47)(H2,42,43,50)/t24-,25?,26+,27-,28-/m0/s1. The fourth-order valence-corrected chi connectivity index (χ4v) is 9.05. The van der Waals surface area contributed by atoms with E-state index in [9.17, 15) is 45.6 Å². The summed E-state index contributed by atoms with van der Waals surface area (Å²) in [4.78, 5) is 69.5. The molecule has 13 nitrogen and oxygen atoms in total. The van der Waals surface area contributed by atoms with Crippen LogP contribution in [-0.2, 0) is 29.2 Å². The lowest BCUT2D eigenvalue weighted by atomic mass is 9.75. The summed E-state index contributed by atoms with van der Waals surface area (Å²) in [6.07, 6.45) is -0.971. The normalized spacial score (nSPS) is 23.1. The predicted octanol–water partition coefficient (Wildman–Crippen LogP) is 3.65. The lowest BCUT2D eigenvalue weighted by molar-refractivity contribution is -0.147. The van der Waals surface area contributed by atoms with E-state index in [1.807, 2.05) is 41.5 Å². The summed E-state index contributed by atoms with van der Waals surface area (Å²) in [5.74, 6) is -4.54. The van der Waals surface area contributed by atoms with Crippen LogP contribution < -0.4 is 21.3 Å². The molecule has 17 heteroatoms. The zero-order valence-corrected chi connectivity index (χ0v) is 32.8. The zero-order valence-electron chi connectivity index (χ0n) is 31.9. The second kappa shape index (κ2) is 17.9. The van der Waals surface area contributed by atoms with Gasteiger partial charge in [-0.3, -0.25) is 19.2 Å². The minimum atomic E-state index is -4.67. The number of halogens is 3. The highest BCUT2D eigenvalue weighted by atomic mass is 32.2. The van der Waals surface area contributed by atoms with Crippen LogP contribution in [0, 0.1) is 22.7 Å². The Morgan fingerprint density at radius 1 is 0.887 bits per heavy atom. The van der Waals surface area contributed by atoms with E-state index in [2.05, 4.69) is 27.8 Å². The van der Waals surface area contributed by atoms with Crippen molar-refractivity contribution in [2.45, 2.75) is 130 Å². The average Bonchev–Trinajstić information content (AvgIpc) is 3.66. The first-order chi connectivity index (χ1) is 24.5. The van der Waals surface area contributed by atoms with Crippen molar-refractivity contribution in [3.8, 4) is 0 Å². The Bertz CT molecular complexity index is 1450. The monoisotopic (exact) mass is 776 g/mol. The molecule has 3 aliphatic rings. The van der Waals surface area contributed by atoms with E-state index in [1.165, 1.54) is 15.3 Å². The Hall–Kier alpha value is -3.21. The van der Waals surface area contributed by atoms with Gasteiger partial charge in [0.15, 0.2) is 0 Å². The van der Waals surface area contributed by atoms with Gasteiger partial charge in [-0.2, -0.15) is 17.5 Å². The number of hydrogen-bond acceptors (Lipinski definition) is 7. The topological polar surface area (TPSA) is 174 Å². The first-order valence-corrected chi connectivity index (χ1v) is 20.2. The number of carbonyl (C=O) groups is 5. The highest BCUT2D eigenvalue weighted by Crippen LogP contribution is 2.40. The number of likely N-dealkylation sites (tertiary alicyclic amines) is 1. The van der Waals surface area contributed by atoms with E-state index in [1.54, 1.807) is 0 Å².